The molecule has 5 rings (SSSR count). The SMILES string of the molecule is COc1cc2c(cc1OC)CN(C(=O)CN1CCc3sccc3[C@H]1c1cccs1)CC2. The van der Waals surface area contributed by atoms with Crippen LogP contribution in [-0.4, -0.2) is 49.6 Å². The van der Waals surface area contributed by atoms with Crippen molar-refractivity contribution in [2.75, 3.05) is 33.9 Å². The van der Waals surface area contributed by atoms with Crippen molar-refractivity contribution in [2.24, 2.45) is 0 Å². The molecule has 2 aliphatic rings. The summed E-state index contributed by atoms with van der Waals surface area (Å²) >= 11 is 3.61. The van der Waals surface area contributed by atoms with Gasteiger partial charge in [-0.2, -0.15) is 0 Å². The van der Waals surface area contributed by atoms with Crippen molar-refractivity contribution in [1.29, 1.82) is 0 Å². The number of carbonyl (C=O) groups excluding carboxylic acids is 1. The molecular formula is C24H26N2O3S2. The van der Waals surface area contributed by atoms with Crippen molar-refractivity contribution in [3.63, 3.8) is 0 Å². The van der Waals surface area contributed by atoms with E-state index in [1.54, 1.807) is 25.6 Å². The van der Waals surface area contributed by atoms with E-state index in [1.165, 1.54) is 20.9 Å². The van der Waals surface area contributed by atoms with E-state index in [1.807, 2.05) is 28.4 Å². The number of thiophene rings is 2. The first kappa shape index (κ1) is 20.5. The van der Waals surface area contributed by atoms with Crippen LogP contribution in [0.4, 0.5) is 0 Å². The van der Waals surface area contributed by atoms with Gasteiger partial charge in [0.1, 0.15) is 0 Å². The standard InChI is InChI=1S/C24H26N2O3S2/c1-28-19-12-16-5-8-25(14-17(16)13-20(19)29-2)23(27)15-26-9-6-21-18(7-11-31-21)24(26)22-4-3-10-30-22/h3-4,7,10-13,24H,5-6,8-9,14-15H2,1-2H3/t24-/m0/s1. The molecule has 5 nitrogen and oxygen atoms in total. The molecule has 31 heavy (non-hydrogen) atoms. The Labute approximate surface area is 190 Å². The van der Waals surface area contributed by atoms with Gasteiger partial charge in [-0.15, -0.1) is 22.7 Å². The van der Waals surface area contributed by atoms with Gasteiger partial charge >= 0.3 is 0 Å². The van der Waals surface area contributed by atoms with Crippen LogP contribution in [0.15, 0.2) is 41.1 Å². The van der Waals surface area contributed by atoms with Gasteiger partial charge in [0.05, 0.1) is 26.8 Å². The first-order valence-corrected chi connectivity index (χ1v) is 12.3. The number of nitrogens with zero attached hydrogens (tertiary/aromatic N) is 2. The summed E-state index contributed by atoms with van der Waals surface area (Å²) in [5.41, 5.74) is 3.75. The Morgan fingerprint density at radius 2 is 1.84 bits per heavy atom. The van der Waals surface area contributed by atoms with E-state index < -0.39 is 0 Å². The highest BCUT2D eigenvalue weighted by atomic mass is 32.1. The van der Waals surface area contributed by atoms with Crippen molar-refractivity contribution in [3.05, 3.63) is 67.5 Å². The molecule has 0 unspecified atom stereocenters. The average Bonchev–Trinajstić information content (AvgIpc) is 3.49. The maximum absolute atomic E-state index is 13.4. The third-order valence-corrected chi connectivity index (χ3v) is 8.21. The van der Waals surface area contributed by atoms with E-state index in [-0.39, 0.29) is 11.9 Å². The molecule has 0 saturated carbocycles. The lowest BCUT2D eigenvalue weighted by Gasteiger charge is -2.37. The molecule has 2 aromatic heterocycles. The molecule has 0 bridgehead atoms. The predicted molar refractivity (Wildman–Crippen MR) is 124 cm³/mol. The monoisotopic (exact) mass is 454 g/mol. The lowest BCUT2D eigenvalue weighted by atomic mass is 9.97. The molecule has 0 N–H and O–H groups in total. The minimum absolute atomic E-state index is 0.181. The van der Waals surface area contributed by atoms with Gasteiger partial charge in [0, 0.05) is 29.4 Å². The second-order valence-corrected chi connectivity index (χ2v) is 9.96. The summed E-state index contributed by atoms with van der Waals surface area (Å²) in [5.74, 6) is 1.66. The van der Waals surface area contributed by atoms with Gasteiger partial charge < -0.3 is 14.4 Å². The zero-order valence-electron chi connectivity index (χ0n) is 17.8. The first-order chi connectivity index (χ1) is 15.2. The molecule has 2 aliphatic heterocycles. The molecule has 0 spiro atoms. The van der Waals surface area contributed by atoms with Gasteiger partial charge in [0.15, 0.2) is 11.5 Å². The van der Waals surface area contributed by atoms with Crippen molar-refractivity contribution < 1.29 is 14.3 Å². The molecule has 4 heterocycles. The number of amides is 1. The van der Waals surface area contributed by atoms with Gasteiger partial charge in [-0.1, -0.05) is 6.07 Å². The summed E-state index contributed by atoms with van der Waals surface area (Å²) in [5, 5.41) is 4.30. The first-order valence-electron chi connectivity index (χ1n) is 10.5. The Kier molecular flexibility index (Phi) is 5.73. The van der Waals surface area contributed by atoms with E-state index in [4.69, 9.17) is 9.47 Å². The molecule has 7 heteroatoms. The van der Waals surface area contributed by atoms with Gasteiger partial charge in [-0.3, -0.25) is 9.69 Å². The largest absolute Gasteiger partial charge is 0.493 e. The number of benzene rings is 1. The summed E-state index contributed by atoms with van der Waals surface area (Å²) in [6.45, 7) is 2.72. The fourth-order valence-corrected chi connectivity index (χ4v) is 6.47. The van der Waals surface area contributed by atoms with Gasteiger partial charge in [-0.25, -0.2) is 0 Å². The smallest absolute Gasteiger partial charge is 0.237 e. The molecule has 1 atom stereocenters. The van der Waals surface area contributed by atoms with Gasteiger partial charge in [-0.05, 0) is 64.6 Å². The van der Waals surface area contributed by atoms with E-state index in [9.17, 15) is 4.79 Å². The lowest BCUT2D eigenvalue weighted by molar-refractivity contribution is -0.133. The number of hydrogen-bond acceptors (Lipinski definition) is 6. The summed E-state index contributed by atoms with van der Waals surface area (Å²) in [6, 6.07) is 10.8. The van der Waals surface area contributed by atoms with Crippen molar-refractivity contribution in [2.45, 2.75) is 25.4 Å². The molecule has 0 aliphatic carbocycles. The number of ether oxygens (including phenoxy) is 2. The van der Waals surface area contributed by atoms with E-state index in [0.717, 1.165) is 37.2 Å². The number of hydrogen-bond donors (Lipinski definition) is 0. The quantitative estimate of drug-likeness (QED) is 0.575. The maximum Gasteiger partial charge on any atom is 0.237 e. The molecular weight excluding hydrogens is 428 g/mol. The normalized spacial score (nSPS) is 18.4. The summed E-state index contributed by atoms with van der Waals surface area (Å²) in [7, 11) is 3.31. The zero-order valence-corrected chi connectivity index (χ0v) is 19.4. The van der Waals surface area contributed by atoms with E-state index in [2.05, 4.69) is 33.9 Å². The van der Waals surface area contributed by atoms with Gasteiger partial charge in [0.25, 0.3) is 0 Å². The molecule has 1 amide bonds. The van der Waals surface area contributed by atoms with Crippen LogP contribution in [-0.2, 0) is 24.2 Å². The topological polar surface area (TPSA) is 42.0 Å². The molecule has 0 radical (unpaired) electrons. The van der Waals surface area contributed by atoms with Crippen molar-refractivity contribution >= 4 is 28.6 Å². The van der Waals surface area contributed by atoms with Crippen LogP contribution in [0.2, 0.25) is 0 Å². The lowest BCUT2D eigenvalue weighted by Crippen LogP contribution is -2.45. The minimum Gasteiger partial charge on any atom is -0.493 e. The highest BCUT2D eigenvalue weighted by Gasteiger charge is 2.33. The molecule has 1 aromatic carbocycles. The van der Waals surface area contributed by atoms with Crippen LogP contribution >= 0.6 is 22.7 Å². The Morgan fingerprint density at radius 3 is 2.58 bits per heavy atom. The number of carbonyl (C=O) groups is 1. The maximum atomic E-state index is 13.4. The fraction of sp³-hybridized carbons (Fsp3) is 0.375. The molecule has 162 valence electrons. The van der Waals surface area contributed by atoms with E-state index >= 15 is 0 Å². The Hall–Kier alpha value is -2.35. The van der Waals surface area contributed by atoms with Crippen molar-refractivity contribution in [1.82, 2.24) is 9.80 Å². The Morgan fingerprint density at radius 1 is 1.03 bits per heavy atom. The Bertz CT molecular complexity index is 1080. The third-order valence-electron chi connectivity index (χ3n) is 6.29. The number of methoxy groups -OCH3 is 2. The molecule has 0 saturated heterocycles. The van der Waals surface area contributed by atoms with Crippen LogP contribution in [0.3, 0.4) is 0 Å². The molecule has 3 aromatic rings. The van der Waals surface area contributed by atoms with Crippen LogP contribution in [0.1, 0.15) is 32.5 Å². The number of rotatable bonds is 5. The van der Waals surface area contributed by atoms with Crippen LogP contribution < -0.4 is 9.47 Å². The van der Waals surface area contributed by atoms with Gasteiger partial charge in [0.2, 0.25) is 5.91 Å². The van der Waals surface area contributed by atoms with Crippen LogP contribution in [0, 0.1) is 0 Å². The summed E-state index contributed by atoms with van der Waals surface area (Å²) in [6.07, 6.45) is 1.85. The minimum atomic E-state index is 0.181. The highest BCUT2D eigenvalue weighted by molar-refractivity contribution is 7.10. The highest BCUT2D eigenvalue weighted by Crippen LogP contribution is 2.39. The van der Waals surface area contributed by atoms with Crippen LogP contribution in [0.5, 0.6) is 11.5 Å². The average molecular weight is 455 g/mol. The van der Waals surface area contributed by atoms with Crippen LogP contribution in [0.25, 0.3) is 0 Å². The second-order valence-electron chi connectivity index (χ2n) is 7.98. The predicted octanol–water partition coefficient (Wildman–Crippen LogP) is 4.36. The van der Waals surface area contributed by atoms with Crippen molar-refractivity contribution in [3.8, 4) is 11.5 Å². The number of fused-ring (bicyclic) bond motifs is 2. The fourth-order valence-electron chi connectivity index (χ4n) is 4.69. The zero-order chi connectivity index (χ0) is 21.4. The summed E-state index contributed by atoms with van der Waals surface area (Å²) in [4.78, 5) is 20.5. The van der Waals surface area contributed by atoms with E-state index in [0.29, 0.717) is 18.8 Å². The summed E-state index contributed by atoms with van der Waals surface area (Å²) < 4.78 is 10.9. The Balaban J connectivity index is 1.35. The second kappa shape index (κ2) is 8.65. The third kappa shape index (κ3) is 3.86. The molecule has 0 fully saturated rings.